The fourth-order valence-corrected chi connectivity index (χ4v) is 2.06. The lowest BCUT2D eigenvalue weighted by Crippen LogP contribution is -2.13. The van der Waals surface area contributed by atoms with E-state index in [9.17, 15) is 0 Å². The van der Waals surface area contributed by atoms with Crippen LogP contribution in [-0.2, 0) is 6.54 Å². The van der Waals surface area contributed by atoms with Crippen molar-refractivity contribution in [3.05, 3.63) is 34.0 Å². The molecule has 0 unspecified atom stereocenters. The Hall–Kier alpha value is -1.60. The van der Waals surface area contributed by atoms with Crippen molar-refractivity contribution in [2.24, 2.45) is 5.73 Å². The van der Waals surface area contributed by atoms with Gasteiger partial charge in [0.1, 0.15) is 15.7 Å². The zero-order valence-electron chi connectivity index (χ0n) is 9.17. The van der Waals surface area contributed by atoms with E-state index < -0.39 is 0 Å². The minimum Gasteiger partial charge on any atom is -0.388 e. The van der Waals surface area contributed by atoms with Gasteiger partial charge in [-0.15, -0.1) is 11.3 Å². The summed E-state index contributed by atoms with van der Waals surface area (Å²) in [6.07, 6.45) is 3.46. The molecule has 0 aliphatic carbocycles. The van der Waals surface area contributed by atoms with Gasteiger partial charge in [0, 0.05) is 17.3 Å². The van der Waals surface area contributed by atoms with Crippen LogP contribution in [0.3, 0.4) is 0 Å². The zero-order valence-corrected chi connectivity index (χ0v) is 10.8. The molecule has 88 valence electrons. The molecule has 0 radical (unpaired) electrons. The Balaban J connectivity index is 2.04. The number of thiazole rings is 1. The molecule has 2 aromatic rings. The van der Waals surface area contributed by atoms with Crippen LogP contribution in [0.2, 0.25) is 0 Å². The maximum atomic E-state index is 5.50. The first kappa shape index (κ1) is 11.9. The van der Waals surface area contributed by atoms with Gasteiger partial charge in [-0.2, -0.15) is 0 Å². The number of nitrogens with two attached hydrogens (primary N) is 1. The molecule has 0 spiro atoms. The third-order valence-corrected chi connectivity index (χ3v) is 3.10. The van der Waals surface area contributed by atoms with Gasteiger partial charge in [-0.25, -0.2) is 15.0 Å². The molecule has 0 aromatic carbocycles. The monoisotopic (exact) mass is 265 g/mol. The van der Waals surface area contributed by atoms with Crippen LogP contribution in [0, 0.1) is 6.92 Å². The van der Waals surface area contributed by atoms with Gasteiger partial charge in [0.15, 0.2) is 0 Å². The Bertz CT molecular complexity index is 537. The van der Waals surface area contributed by atoms with E-state index in [2.05, 4.69) is 20.3 Å². The molecular formula is C10H11N5S2. The summed E-state index contributed by atoms with van der Waals surface area (Å²) < 4.78 is 0. The lowest BCUT2D eigenvalue weighted by Gasteiger charge is -2.03. The number of anilines is 1. The molecule has 0 amide bonds. The Morgan fingerprint density at radius 1 is 1.53 bits per heavy atom. The Kier molecular flexibility index (Phi) is 3.60. The molecule has 5 nitrogen and oxygen atoms in total. The molecule has 2 aromatic heterocycles. The van der Waals surface area contributed by atoms with E-state index in [1.165, 1.54) is 4.88 Å². The Morgan fingerprint density at radius 3 is 3.00 bits per heavy atom. The number of thiocarbonyl (C=S) groups is 1. The SMILES string of the molecule is Cc1cnc(CNc2nccc(C(N)=S)n2)s1. The highest BCUT2D eigenvalue weighted by atomic mass is 32.1. The van der Waals surface area contributed by atoms with E-state index >= 15 is 0 Å². The molecule has 0 aliphatic heterocycles. The predicted molar refractivity (Wildman–Crippen MR) is 72.1 cm³/mol. The first-order valence-corrected chi connectivity index (χ1v) is 6.15. The van der Waals surface area contributed by atoms with Crippen molar-refractivity contribution in [3.63, 3.8) is 0 Å². The summed E-state index contributed by atoms with van der Waals surface area (Å²) >= 11 is 6.49. The van der Waals surface area contributed by atoms with Crippen LogP contribution >= 0.6 is 23.6 Å². The van der Waals surface area contributed by atoms with Crippen LogP contribution in [0.15, 0.2) is 18.5 Å². The average Bonchev–Trinajstić information content (AvgIpc) is 2.73. The molecule has 7 heteroatoms. The predicted octanol–water partition coefficient (Wildman–Crippen LogP) is 1.49. The Morgan fingerprint density at radius 2 is 2.35 bits per heavy atom. The van der Waals surface area contributed by atoms with Crippen molar-refractivity contribution in [2.45, 2.75) is 13.5 Å². The number of rotatable bonds is 4. The first-order valence-electron chi connectivity index (χ1n) is 4.93. The highest BCUT2D eigenvalue weighted by molar-refractivity contribution is 7.80. The maximum absolute atomic E-state index is 5.50. The second kappa shape index (κ2) is 5.15. The number of aromatic nitrogens is 3. The van der Waals surface area contributed by atoms with Crippen LogP contribution in [0.5, 0.6) is 0 Å². The summed E-state index contributed by atoms with van der Waals surface area (Å²) in [5, 5.41) is 4.07. The van der Waals surface area contributed by atoms with Gasteiger partial charge >= 0.3 is 0 Å². The van der Waals surface area contributed by atoms with E-state index in [4.69, 9.17) is 18.0 Å². The molecule has 0 fully saturated rings. The number of nitrogens with zero attached hydrogens (tertiary/aromatic N) is 3. The second-order valence-corrected chi connectivity index (χ2v) is 5.11. The average molecular weight is 265 g/mol. The van der Waals surface area contributed by atoms with E-state index in [0.717, 1.165) is 5.01 Å². The Labute approximate surface area is 108 Å². The smallest absolute Gasteiger partial charge is 0.223 e. The largest absolute Gasteiger partial charge is 0.388 e. The molecule has 17 heavy (non-hydrogen) atoms. The third-order valence-electron chi connectivity index (χ3n) is 1.97. The summed E-state index contributed by atoms with van der Waals surface area (Å²) in [5.41, 5.74) is 6.06. The van der Waals surface area contributed by atoms with Crippen LogP contribution < -0.4 is 11.1 Å². The van der Waals surface area contributed by atoms with Gasteiger partial charge in [-0.3, -0.25) is 0 Å². The molecule has 0 aliphatic rings. The highest BCUT2D eigenvalue weighted by Crippen LogP contribution is 2.12. The zero-order chi connectivity index (χ0) is 12.3. The highest BCUT2D eigenvalue weighted by Gasteiger charge is 2.03. The maximum Gasteiger partial charge on any atom is 0.223 e. The topological polar surface area (TPSA) is 76.7 Å². The van der Waals surface area contributed by atoms with Crippen molar-refractivity contribution in [1.29, 1.82) is 0 Å². The molecular weight excluding hydrogens is 254 g/mol. The number of aryl methyl sites for hydroxylation is 1. The number of hydrogen-bond donors (Lipinski definition) is 2. The lowest BCUT2D eigenvalue weighted by atomic mass is 10.4. The standard InChI is InChI=1S/C10H11N5S2/c1-6-4-13-8(17-6)5-14-10-12-3-2-7(15-10)9(11)16/h2-4H,5H2,1H3,(H2,11,16)(H,12,14,15). The first-order chi connectivity index (χ1) is 8.15. The van der Waals surface area contributed by atoms with Gasteiger partial charge in [0.2, 0.25) is 5.95 Å². The fraction of sp³-hybridized carbons (Fsp3) is 0.200. The van der Waals surface area contributed by atoms with Crippen molar-refractivity contribution >= 4 is 34.5 Å². The molecule has 2 rings (SSSR count). The summed E-state index contributed by atoms with van der Waals surface area (Å²) in [5.74, 6) is 0.503. The molecule has 2 heterocycles. The minimum atomic E-state index is 0.264. The van der Waals surface area contributed by atoms with E-state index in [0.29, 0.717) is 18.2 Å². The van der Waals surface area contributed by atoms with E-state index in [1.807, 2.05) is 13.1 Å². The fourth-order valence-electron chi connectivity index (χ4n) is 1.22. The summed E-state index contributed by atoms with van der Waals surface area (Å²) in [7, 11) is 0. The van der Waals surface area contributed by atoms with Gasteiger partial charge < -0.3 is 11.1 Å². The quantitative estimate of drug-likeness (QED) is 0.816. The third kappa shape index (κ3) is 3.18. The van der Waals surface area contributed by atoms with Crippen molar-refractivity contribution < 1.29 is 0 Å². The van der Waals surface area contributed by atoms with Gasteiger partial charge in [0.25, 0.3) is 0 Å². The molecule has 0 saturated carbocycles. The summed E-state index contributed by atoms with van der Waals surface area (Å²) in [6, 6.07) is 1.68. The van der Waals surface area contributed by atoms with Crippen molar-refractivity contribution in [1.82, 2.24) is 15.0 Å². The molecule has 0 bridgehead atoms. The number of nitrogens with one attached hydrogen (secondary N) is 1. The summed E-state index contributed by atoms with van der Waals surface area (Å²) in [4.78, 5) is 13.9. The lowest BCUT2D eigenvalue weighted by molar-refractivity contribution is 1.03. The van der Waals surface area contributed by atoms with Crippen LogP contribution in [0.1, 0.15) is 15.6 Å². The van der Waals surface area contributed by atoms with Crippen molar-refractivity contribution in [2.75, 3.05) is 5.32 Å². The minimum absolute atomic E-state index is 0.264. The van der Waals surface area contributed by atoms with Crippen LogP contribution in [0.25, 0.3) is 0 Å². The van der Waals surface area contributed by atoms with Gasteiger partial charge in [-0.1, -0.05) is 12.2 Å². The van der Waals surface area contributed by atoms with Crippen LogP contribution in [0.4, 0.5) is 5.95 Å². The second-order valence-electron chi connectivity index (χ2n) is 3.35. The van der Waals surface area contributed by atoms with Gasteiger partial charge in [0.05, 0.1) is 6.54 Å². The molecule has 3 N–H and O–H groups in total. The van der Waals surface area contributed by atoms with Crippen LogP contribution in [-0.4, -0.2) is 19.9 Å². The normalized spacial score (nSPS) is 10.2. The van der Waals surface area contributed by atoms with E-state index in [-0.39, 0.29) is 4.99 Å². The van der Waals surface area contributed by atoms with Gasteiger partial charge in [-0.05, 0) is 13.0 Å². The molecule has 0 saturated heterocycles. The molecule has 0 atom stereocenters. The van der Waals surface area contributed by atoms with E-state index in [1.54, 1.807) is 23.6 Å². The number of hydrogen-bond acceptors (Lipinski definition) is 6. The summed E-state index contributed by atoms with van der Waals surface area (Å²) in [6.45, 7) is 2.62. The van der Waals surface area contributed by atoms with Crippen molar-refractivity contribution in [3.8, 4) is 0 Å².